The van der Waals surface area contributed by atoms with E-state index in [0.29, 0.717) is 0 Å². The van der Waals surface area contributed by atoms with Crippen molar-refractivity contribution >= 4 is 11.9 Å². The zero-order chi connectivity index (χ0) is 12.1. The Morgan fingerprint density at radius 1 is 1.31 bits per heavy atom. The molecular weight excluding hydrogens is 208 g/mol. The van der Waals surface area contributed by atoms with Gasteiger partial charge < -0.3 is 9.47 Å². The number of hydrogen-bond donors (Lipinski definition) is 0. The maximum atomic E-state index is 11.4. The van der Waals surface area contributed by atoms with Gasteiger partial charge in [-0.15, -0.1) is 0 Å². The van der Waals surface area contributed by atoms with Crippen molar-refractivity contribution in [2.45, 2.75) is 38.7 Å². The van der Waals surface area contributed by atoms with E-state index in [9.17, 15) is 9.59 Å². The van der Waals surface area contributed by atoms with Crippen molar-refractivity contribution < 1.29 is 19.1 Å². The molecule has 0 heterocycles. The van der Waals surface area contributed by atoms with E-state index in [-0.39, 0.29) is 17.5 Å². The SMILES string of the molecule is C=C(C(=O)OC)C(OC(C)=O)C1CCCC1. The first-order chi connectivity index (χ1) is 7.56. The topological polar surface area (TPSA) is 52.6 Å². The van der Waals surface area contributed by atoms with Crippen molar-refractivity contribution in [3.05, 3.63) is 12.2 Å². The molecule has 90 valence electrons. The van der Waals surface area contributed by atoms with E-state index < -0.39 is 12.1 Å². The Labute approximate surface area is 95.6 Å². The van der Waals surface area contributed by atoms with Crippen LogP contribution in [-0.2, 0) is 19.1 Å². The monoisotopic (exact) mass is 226 g/mol. The molecule has 1 fully saturated rings. The third kappa shape index (κ3) is 3.08. The Kier molecular flexibility index (Phi) is 4.52. The van der Waals surface area contributed by atoms with Gasteiger partial charge in [0.2, 0.25) is 0 Å². The molecule has 4 nitrogen and oxygen atoms in total. The number of carbonyl (C=O) groups is 2. The highest BCUT2D eigenvalue weighted by atomic mass is 16.6. The zero-order valence-corrected chi connectivity index (χ0v) is 9.82. The molecular formula is C12H18O4. The molecule has 0 N–H and O–H groups in total. The van der Waals surface area contributed by atoms with Gasteiger partial charge >= 0.3 is 11.9 Å². The Hall–Kier alpha value is -1.32. The van der Waals surface area contributed by atoms with E-state index in [1.54, 1.807) is 0 Å². The summed E-state index contributed by atoms with van der Waals surface area (Å²) in [4.78, 5) is 22.4. The fourth-order valence-electron chi connectivity index (χ4n) is 2.14. The average Bonchev–Trinajstić information content (AvgIpc) is 2.76. The molecule has 0 aromatic rings. The standard InChI is InChI=1S/C12H18O4/c1-8(12(14)15-3)11(16-9(2)13)10-6-4-5-7-10/h10-11H,1,4-7H2,2-3H3. The lowest BCUT2D eigenvalue weighted by atomic mass is 9.95. The highest BCUT2D eigenvalue weighted by molar-refractivity contribution is 5.89. The van der Waals surface area contributed by atoms with Crippen molar-refractivity contribution in [2.75, 3.05) is 7.11 Å². The van der Waals surface area contributed by atoms with Crippen LogP contribution in [0.15, 0.2) is 12.2 Å². The van der Waals surface area contributed by atoms with Crippen molar-refractivity contribution in [3.63, 3.8) is 0 Å². The summed E-state index contributed by atoms with van der Waals surface area (Å²) in [6, 6.07) is 0. The van der Waals surface area contributed by atoms with Gasteiger partial charge in [-0.2, -0.15) is 0 Å². The minimum absolute atomic E-state index is 0.204. The lowest BCUT2D eigenvalue weighted by molar-refractivity contribution is -0.149. The summed E-state index contributed by atoms with van der Waals surface area (Å²) < 4.78 is 9.78. The predicted octanol–water partition coefficient (Wildman–Crippen LogP) is 1.84. The first-order valence-corrected chi connectivity index (χ1v) is 5.50. The van der Waals surface area contributed by atoms with Crippen molar-refractivity contribution in [1.29, 1.82) is 0 Å². The molecule has 0 radical (unpaired) electrons. The highest BCUT2D eigenvalue weighted by Gasteiger charge is 2.32. The number of hydrogen-bond acceptors (Lipinski definition) is 4. The Morgan fingerprint density at radius 2 is 1.88 bits per heavy atom. The lowest BCUT2D eigenvalue weighted by Crippen LogP contribution is -2.30. The molecule has 1 rings (SSSR count). The van der Waals surface area contributed by atoms with Crippen LogP contribution < -0.4 is 0 Å². The third-order valence-electron chi connectivity index (χ3n) is 2.91. The van der Waals surface area contributed by atoms with E-state index in [1.807, 2.05) is 0 Å². The Bertz CT molecular complexity index is 289. The number of methoxy groups -OCH3 is 1. The number of rotatable bonds is 4. The van der Waals surface area contributed by atoms with Crippen molar-refractivity contribution in [1.82, 2.24) is 0 Å². The van der Waals surface area contributed by atoms with Crippen molar-refractivity contribution in [3.8, 4) is 0 Å². The van der Waals surface area contributed by atoms with E-state index in [0.717, 1.165) is 25.7 Å². The van der Waals surface area contributed by atoms with Crippen LogP contribution in [0.5, 0.6) is 0 Å². The molecule has 0 amide bonds. The second kappa shape index (κ2) is 5.68. The van der Waals surface area contributed by atoms with Crippen LogP contribution in [0.2, 0.25) is 0 Å². The van der Waals surface area contributed by atoms with Gasteiger partial charge in [0.25, 0.3) is 0 Å². The predicted molar refractivity (Wildman–Crippen MR) is 58.7 cm³/mol. The maximum Gasteiger partial charge on any atom is 0.336 e. The van der Waals surface area contributed by atoms with Gasteiger partial charge in [0.1, 0.15) is 6.10 Å². The Balaban J connectivity index is 2.73. The summed E-state index contributed by atoms with van der Waals surface area (Å²) in [5, 5.41) is 0. The molecule has 16 heavy (non-hydrogen) atoms. The fourth-order valence-corrected chi connectivity index (χ4v) is 2.14. The molecule has 1 aliphatic rings. The van der Waals surface area contributed by atoms with E-state index >= 15 is 0 Å². The number of esters is 2. The van der Waals surface area contributed by atoms with Gasteiger partial charge in [-0.25, -0.2) is 4.79 Å². The molecule has 1 atom stereocenters. The normalized spacial score (nSPS) is 17.9. The summed E-state index contributed by atoms with van der Waals surface area (Å²) in [5.41, 5.74) is 0.240. The molecule has 0 spiro atoms. The van der Waals surface area contributed by atoms with E-state index in [2.05, 4.69) is 11.3 Å². The minimum atomic E-state index is -0.521. The third-order valence-corrected chi connectivity index (χ3v) is 2.91. The number of carbonyl (C=O) groups excluding carboxylic acids is 2. The highest BCUT2D eigenvalue weighted by Crippen LogP contribution is 2.32. The van der Waals surface area contributed by atoms with Crippen LogP contribution in [0, 0.1) is 5.92 Å². The van der Waals surface area contributed by atoms with E-state index in [1.165, 1.54) is 14.0 Å². The van der Waals surface area contributed by atoms with Gasteiger partial charge in [-0.3, -0.25) is 4.79 Å². The molecule has 4 heteroatoms. The maximum absolute atomic E-state index is 11.4. The van der Waals surface area contributed by atoms with Gasteiger partial charge in [-0.05, 0) is 12.8 Å². The van der Waals surface area contributed by atoms with Crippen LogP contribution in [0.4, 0.5) is 0 Å². The quantitative estimate of drug-likeness (QED) is 0.542. The smallest absolute Gasteiger partial charge is 0.336 e. The van der Waals surface area contributed by atoms with Crippen LogP contribution >= 0.6 is 0 Å². The summed E-state index contributed by atoms with van der Waals surface area (Å²) in [6.45, 7) is 5.01. The summed E-state index contributed by atoms with van der Waals surface area (Å²) in [6.07, 6.45) is 3.63. The van der Waals surface area contributed by atoms with Gasteiger partial charge in [0.05, 0.1) is 12.7 Å². The molecule has 1 unspecified atom stereocenters. The molecule has 0 aliphatic heterocycles. The van der Waals surface area contributed by atoms with Crippen molar-refractivity contribution in [2.24, 2.45) is 5.92 Å². The molecule has 0 aromatic heterocycles. The van der Waals surface area contributed by atoms with Gasteiger partial charge in [0, 0.05) is 12.8 Å². The molecule has 0 aromatic carbocycles. The molecule has 0 bridgehead atoms. The van der Waals surface area contributed by atoms with Crippen LogP contribution in [0.3, 0.4) is 0 Å². The van der Waals surface area contributed by atoms with E-state index in [4.69, 9.17) is 4.74 Å². The van der Waals surface area contributed by atoms with Gasteiger partial charge in [0.15, 0.2) is 0 Å². The average molecular weight is 226 g/mol. The van der Waals surface area contributed by atoms with Gasteiger partial charge in [-0.1, -0.05) is 19.4 Å². The second-order valence-corrected chi connectivity index (χ2v) is 4.09. The fraction of sp³-hybridized carbons (Fsp3) is 0.667. The van der Waals surface area contributed by atoms with Crippen LogP contribution in [0.25, 0.3) is 0 Å². The summed E-state index contributed by atoms with van der Waals surface area (Å²) in [7, 11) is 1.30. The van der Waals surface area contributed by atoms with Crippen LogP contribution in [0.1, 0.15) is 32.6 Å². The minimum Gasteiger partial charge on any atom is -0.466 e. The first kappa shape index (κ1) is 12.7. The summed E-state index contributed by atoms with van der Waals surface area (Å²) in [5.74, 6) is -0.685. The second-order valence-electron chi connectivity index (χ2n) is 4.09. The summed E-state index contributed by atoms with van der Waals surface area (Å²) >= 11 is 0. The zero-order valence-electron chi connectivity index (χ0n) is 9.82. The molecule has 0 saturated heterocycles. The number of ether oxygens (including phenoxy) is 2. The molecule has 1 aliphatic carbocycles. The molecule has 1 saturated carbocycles. The Morgan fingerprint density at radius 3 is 2.31 bits per heavy atom. The largest absolute Gasteiger partial charge is 0.466 e. The lowest BCUT2D eigenvalue weighted by Gasteiger charge is -2.23. The first-order valence-electron chi connectivity index (χ1n) is 5.50. The van der Waals surface area contributed by atoms with Crippen LogP contribution in [-0.4, -0.2) is 25.2 Å².